The number of rotatable bonds is 6. The lowest BCUT2D eigenvalue weighted by molar-refractivity contribution is 0.394. The third-order valence-corrected chi connectivity index (χ3v) is 3.44. The third-order valence-electron chi connectivity index (χ3n) is 3.44. The summed E-state index contributed by atoms with van der Waals surface area (Å²) in [4.78, 5) is 0. The maximum atomic E-state index is 8.83. The van der Waals surface area contributed by atoms with Crippen LogP contribution in [-0.4, -0.2) is 13.1 Å². The van der Waals surface area contributed by atoms with Gasteiger partial charge in [-0.2, -0.15) is 5.26 Å². The number of nitriles is 1. The van der Waals surface area contributed by atoms with E-state index in [0.29, 0.717) is 5.41 Å². The average Bonchev–Trinajstić information content (AvgIpc) is 2.94. The molecule has 0 aromatic rings. The smallest absolute Gasteiger partial charge is 0.0684 e. The Hall–Kier alpha value is -0.550. The Balaban J connectivity index is 2.09. The number of hydrogen-bond donors (Lipinski definition) is 1. The molecule has 0 unspecified atom stereocenters. The molecule has 1 aliphatic rings. The van der Waals surface area contributed by atoms with Gasteiger partial charge in [0.15, 0.2) is 0 Å². The highest BCUT2D eigenvalue weighted by Gasteiger charge is 2.39. The van der Waals surface area contributed by atoms with Gasteiger partial charge >= 0.3 is 0 Å². The Bertz CT molecular complexity index is 221. The van der Waals surface area contributed by atoms with Crippen LogP contribution in [0.3, 0.4) is 0 Å². The van der Waals surface area contributed by atoms with Gasteiger partial charge in [0.2, 0.25) is 0 Å². The summed E-state index contributed by atoms with van der Waals surface area (Å²) in [6.07, 6.45) is 5.02. The fourth-order valence-corrected chi connectivity index (χ4v) is 1.64. The van der Waals surface area contributed by atoms with Gasteiger partial charge in [0, 0.05) is 6.54 Å². The van der Waals surface area contributed by atoms with Gasteiger partial charge in [-0.3, -0.25) is 0 Å². The molecule has 2 heteroatoms. The second-order valence-electron chi connectivity index (χ2n) is 5.28. The Morgan fingerprint density at radius 3 is 2.50 bits per heavy atom. The molecular weight excluding hydrogens is 172 g/mol. The van der Waals surface area contributed by atoms with E-state index in [1.54, 1.807) is 0 Å². The Kier molecular flexibility index (Phi) is 3.55. The largest absolute Gasteiger partial charge is 0.316 e. The lowest BCUT2D eigenvalue weighted by Gasteiger charge is -2.17. The van der Waals surface area contributed by atoms with Crippen LogP contribution in [0.25, 0.3) is 0 Å². The highest BCUT2D eigenvalue weighted by Crippen LogP contribution is 2.47. The molecule has 80 valence electrons. The van der Waals surface area contributed by atoms with Crippen LogP contribution in [0.15, 0.2) is 0 Å². The molecule has 0 amide bonds. The summed E-state index contributed by atoms with van der Waals surface area (Å²) in [6.45, 7) is 8.39. The van der Waals surface area contributed by atoms with Gasteiger partial charge in [-0.15, -0.1) is 0 Å². The molecule has 0 heterocycles. The van der Waals surface area contributed by atoms with Crippen LogP contribution in [0.1, 0.15) is 46.5 Å². The van der Waals surface area contributed by atoms with Crippen LogP contribution >= 0.6 is 0 Å². The van der Waals surface area contributed by atoms with Gasteiger partial charge in [-0.25, -0.2) is 0 Å². The second-order valence-corrected chi connectivity index (χ2v) is 5.28. The molecule has 0 spiro atoms. The second kappa shape index (κ2) is 4.31. The van der Waals surface area contributed by atoms with Gasteiger partial charge in [0.25, 0.3) is 0 Å². The Labute approximate surface area is 87.7 Å². The molecule has 0 atom stereocenters. The molecule has 1 saturated carbocycles. The van der Waals surface area contributed by atoms with Crippen molar-refractivity contribution in [3.8, 4) is 6.07 Å². The maximum Gasteiger partial charge on any atom is 0.0684 e. The molecule has 1 aliphatic carbocycles. The van der Waals surface area contributed by atoms with Gasteiger partial charge in [-0.05, 0) is 51.5 Å². The van der Waals surface area contributed by atoms with E-state index in [2.05, 4.69) is 18.3 Å². The number of nitrogens with one attached hydrogen (secondary N) is 1. The van der Waals surface area contributed by atoms with E-state index >= 15 is 0 Å². The summed E-state index contributed by atoms with van der Waals surface area (Å²) in [5, 5.41) is 12.3. The van der Waals surface area contributed by atoms with E-state index in [-0.39, 0.29) is 5.41 Å². The fourth-order valence-electron chi connectivity index (χ4n) is 1.64. The van der Waals surface area contributed by atoms with Crippen LogP contribution in [0.5, 0.6) is 0 Å². The molecule has 1 fully saturated rings. The van der Waals surface area contributed by atoms with Crippen molar-refractivity contribution in [1.82, 2.24) is 5.32 Å². The minimum absolute atomic E-state index is 0.171. The zero-order chi connectivity index (χ0) is 10.7. The first kappa shape index (κ1) is 11.5. The molecule has 14 heavy (non-hydrogen) atoms. The molecule has 0 aromatic carbocycles. The van der Waals surface area contributed by atoms with E-state index in [4.69, 9.17) is 5.26 Å². The van der Waals surface area contributed by atoms with Crippen LogP contribution in [0, 0.1) is 22.2 Å². The van der Waals surface area contributed by atoms with E-state index < -0.39 is 0 Å². The van der Waals surface area contributed by atoms with E-state index in [1.165, 1.54) is 19.3 Å². The van der Waals surface area contributed by atoms with E-state index in [1.807, 2.05) is 13.8 Å². The van der Waals surface area contributed by atoms with Gasteiger partial charge in [0.05, 0.1) is 11.5 Å². The summed E-state index contributed by atoms with van der Waals surface area (Å²) in [5.74, 6) is 0. The minimum atomic E-state index is -0.171. The van der Waals surface area contributed by atoms with E-state index in [0.717, 1.165) is 19.5 Å². The number of hydrogen-bond acceptors (Lipinski definition) is 2. The zero-order valence-electron chi connectivity index (χ0n) is 9.69. The molecular formula is C12H22N2. The molecule has 0 bridgehead atoms. The predicted octanol–water partition coefficient (Wildman–Crippen LogP) is 2.71. The molecule has 2 nitrogen and oxygen atoms in total. The summed E-state index contributed by atoms with van der Waals surface area (Å²) in [5.41, 5.74) is 0.451. The van der Waals surface area contributed by atoms with Crippen molar-refractivity contribution in [2.45, 2.75) is 46.5 Å². The highest BCUT2D eigenvalue weighted by molar-refractivity contribution is 4.95. The quantitative estimate of drug-likeness (QED) is 0.660. The summed E-state index contributed by atoms with van der Waals surface area (Å²) >= 11 is 0. The summed E-state index contributed by atoms with van der Waals surface area (Å²) in [7, 11) is 0. The molecule has 1 N–H and O–H groups in total. The Morgan fingerprint density at radius 2 is 2.07 bits per heavy atom. The normalized spacial score (nSPS) is 19.0. The first-order valence-corrected chi connectivity index (χ1v) is 5.66. The average molecular weight is 194 g/mol. The number of nitrogens with zero attached hydrogens (tertiary/aromatic N) is 1. The summed E-state index contributed by atoms with van der Waals surface area (Å²) < 4.78 is 0. The van der Waals surface area contributed by atoms with Crippen molar-refractivity contribution in [2.75, 3.05) is 13.1 Å². The SMILES string of the molecule is CCC1(CNCCC(C)(C)C#N)CC1. The van der Waals surface area contributed by atoms with Crippen molar-refractivity contribution < 1.29 is 0 Å². The topological polar surface area (TPSA) is 35.8 Å². The van der Waals surface area contributed by atoms with Crippen LogP contribution < -0.4 is 5.32 Å². The van der Waals surface area contributed by atoms with Gasteiger partial charge < -0.3 is 5.32 Å². The van der Waals surface area contributed by atoms with Crippen LogP contribution in [0.2, 0.25) is 0 Å². The first-order valence-electron chi connectivity index (χ1n) is 5.66. The van der Waals surface area contributed by atoms with Crippen molar-refractivity contribution in [3.05, 3.63) is 0 Å². The van der Waals surface area contributed by atoms with Gasteiger partial charge in [0.1, 0.15) is 0 Å². The molecule has 0 saturated heterocycles. The summed E-state index contributed by atoms with van der Waals surface area (Å²) in [6, 6.07) is 2.33. The highest BCUT2D eigenvalue weighted by atomic mass is 14.9. The lowest BCUT2D eigenvalue weighted by Crippen LogP contribution is -2.27. The van der Waals surface area contributed by atoms with Crippen molar-refractivity contribution >= 4 is 0 Å². The van der Waals surface area contributed by atoms with Crippen LogP contribution in [0.4, 0.5) is 0 Å². The minimum Gasteiger partial charge on any atom is -0.316 e. The third kappa shape index (κ3) is 3.31. The van der Waals surface area contributed by atoms with E-state index in [9.17, 15) is 0 Å². The standard InChI is InChI=1S/C12H22N2/c1-4-12(5-6-12)10-14-8-7-11(2,3)9-13/h14H,4-8,10H2,1-3H3. The van der Waals surface area contributed by atoms with Crippen molar-refractivity contribution in [1.29, 1.82) is 5.26 Å². The molecule has 0 aliphatic heterocycles. The molecule has 0 radical (unpaired) electrons. The zero-order valence-corrected chi connectivity index (χ0v) is 9.69. The predicted molar refractivity (Wildman–Crippen MR) is 58.8 cm³/mol. The Morgan fingerprint density at radius 1 is 1.43 bits per heavy atom. The monoisotopic (exact) mass is 194 g/mol. The maximum absolute atomic E-state index is 8.83. The first-order chi connectivity index (χ1) is 6.54. The van der Waals surface area contributed by atoms with Crippen molar-refractivity contribution in [3.63, 3.8) is 0 Å². The molecule has 1 rings (SSSR count). The van der Waals surface area contributed by atoms with Gasteiger partial charge in [-0.1, -0.05) is 6.92 Å². The van der Waals surface area contributed by atoms with Crippen LogP contribution in [-0.2, 0) is 0 Å². The fraction of sp³-hybridized carbons (Fsp3) is 0.917. The van der Waals surface area contributed by atoms with Crippen molar-refractivity contribution in [2.24, 2.45) is 10.8 Å². The lowest BCUT2D eigenvalue weighted by atomic mass is 9.91. The molecule has 0 aromatic heterocycles.